The van der Waals surface area contributed by atoms with Gasteiger partial charge in [0.25, 0.3) is 0 Å². The lowest BCUT2D eigenvalue weighted by atomic mass is 9.97. The summed E-state index contributed by atoms with van der Waals surface area (Å²) in [5.74, 6) is -0.466. The van der Waals surface area contributed by atoms with E-state index in [9.17, 15) is 4.79 Å². The average Bonchev–Trinajstić information content (AvgIpc) is 2.65. The quantitative estimate of drug-likeness (QED) is 0.292. The molecular weight excluding hydrogens is 351 g/mol. The van der Waals surface area contributed by atoms with Gasteiger partial charge >= 0.3 is 7.12 Å². The van der Waals surface area contributed by atoms with E-state index in [1.807, 2.05) is 58.0 Å². The maximum Gasteiger partial charge on any atom is 0.450 e. The highest BCUT2D eigenvalue weighted by Crippen LogP contribution is 2.18. The van der Waals surface area contributed by atoms with Gasteiger partial charge in [-0.05, 0) is 51.7 Å². The summed E-state index contributed by atoms with van der Waals surface area (Å²) in [4.78, 5) is 11.1. The van der Waals surface area contributed by atoms with Crippen molar-refractivity contribution in [3.8, 4) is 0 Å². The fraction of sp³-hybridized carbons (Fsp3) is 0.364. The molecule has 0 atom stereocenters. The number of rotatable bonds is 5. The van der Waals surface area contributed by atoms with Gasteiger partial charge in [0.1, 0.15) is 0 Å². The van der Waals surface area contributed by atoms with E-state index in [4.69, 9.17) is 16.2 Å². The molecule has 0 saturated carbocycles. The molecule has 0 aliphatic heterocycles. The second kappa shape index (κ2) is 19.3. The largest absolute Gasteiger partial charge is 0.450 e. The van der Waals surface area contributed by atoms with Crippen LogP contribution in [-0.4, -0.2) is 30.9 Å². The van der Waals surface area contributed by atoms with E-state index in [1.165, 1.54) is 18.7 Å². The van der Waals surface area contributed by atoms with Crippen LogP contribution in [0.25, 0.3) is 5.57 Å². The number of nitrogens with two attached hydrogens (primary N) is 1. The van der Waals surface area contributed by atoms with Gasteiger partial charge in [0, 0.05) is 18.4 Å². The molecule has 0 aromatic heterocycles. The summed E-state index contributed by atoms with van der Waals surface area (Å²) in [7, 11) is 0.833. The molecule has 0 unspecified atom stereocenters. The first-order valence-electron chi connectivity index (χ1n) is 9.18. The number of carbonyl (C=O) groups is 1. The number of carbonyl (C=O) groups excluding carboxylic acids is 1. The fourth-order valence-electron chi connectivity index (χ4n) is 1.48. The number of allylic oxidation sites excluding steroid dienone is 3. The molecule has 0 aliphatic rings. The van der Waals surface area contributed by atoms with E-state index in [0.717, 1.165) is 11.1 Å². The number of nitrogens with one attached hydrogen (secondary N) is 1. The number of benzene rings is 1. The van der Waals surface area contributed by atoms with Crippen molar-refractivity contribution in [3.05, 3.63) is 65.8 Å². The van der Waals surface area contributed by atoms with Crippen LogP contribution in [0.15, 0.2) is 54.6 Å². The topological polar surface area (TPSA) is 96.4 Å². The lowest BCUT2D eigenvalue weighted by molar-refractivity contribution is -0.114. The molecule has 28 heavy (non-hydrogen) atoms. The predicted molar refractivity (Wildman–Crippen MR) is 124 cm³/mol. The molecule has 6 heteroatoms. The summed E-state index contributed by atoms with van der Waals surface area (Å²) in [5.41, 5.74) is 9.54. The molecule has 5 nitrogen and oxygen atoms in total. The average molecular weight is 388 g/mol. The Morgan fingerprint density at radius 1 is 1.25 bits per heavy atom. The van der Waals surface area contributed by atoms with Gasteiger partial charge in [-0.15, -0.1) is 0 Å². The van der Waals surface area contributed by atoms with Crippen LogP contribution in [0.3, 0.4) is 0 Å². The van der Waals surface area contributed by atoms with Crippen molar-refractivity contribution in [2.45, 2.75) is 48.4 Å². The number of hydrogen-bond acceptors (Lipinski definition) is 4. The van der Waals surface area contributed by atoms with Gasteiger partial charge in [0.15, 0.2) is 0 Å². The van der Waals surface area contributed by atoms with Crippen LogP contribution in [0.5, 0.6) is 0 Å². The second-order valence-electron chi connectivity index (χ2n) is 5.61. The first-order chi connectivity index (χ1) is 13.1. The molecule has 1 aromatic rings. The van der Waals surface area contributed by atoms with Crippen molar-refractivity contribution in [2.24, 2.45) is 5.73 Å². The Morgan fingerprint density at radius 3 is 1.89 bits per heavy atom. The fourth-order valence-corrected chi connectivity index (χ4v) is 1.48. The van der Waals surface area contributed by atoms with E-state index in [-0.39, 0.29) is 0 Å². The normalized spacial score (nSPS) is 10.0. The highest BCUT2D eigenvalue weighted by Gasteiger charge is 2.03. The third-order valence-corrected chi connectivity index (χ3v) is 2.85. The minimum atomic E-state index is -0.616. The summed E-state index contributed by atoms with van der Waals surface area (Å²) in [6, 6.07) is 8.10. The minimum Gasteiger partial charge on any atom is -0.427 e. The van der Waals surface area contributed by atoms with Crippen molar-refractivity contribution in [1.29, 1.82) is 5.41 Å². The Bertz CT molecular complexity index is 630. The highest BCUT2D eigenvalue weighted by atomic mass is 16.5. The first-order valence-corrected chi connectivity index (χ1v) is 9.18. The number of primary amides is 1. The van der Waals surface area contributed by atoms with Gasteiger partial charge in [-0.3, -0.25) is 4.79 Å². The van der Waals surface area contributed by atoms with Crippen molar-refractivity contribution in [2.75, 3.05) is 7.11 Å². The summed E-state index contributed by atoms with van der Waals surface area (Å²) in [6.07, 6.45) is 5.16. The maximum atomic E-state index is 11.1. The number of aryl methyl sites for hydroxylation is 1. The van der Waals surface area contributed by atoms with Crippen molar-refractivity contribution >= 4 is 24.3 Å². The monoisotopic (exact) mass is 388 g/mol. The molecular formula is C22H37BN2O3. The minimum absolute atomic E-state index is 0.415. The highest BCUT2D eigenvalue weighted by molar-refractivity contribution is 6.40. The van der Waals surface area contributed by atoms with Crippen molar-refractivity contribution in [3.63, 3.8) is 0 Å². The zero-order valence-electron chi connectivity index (χ0n) is 18.7. The standard InChI is InChI=1S/C15H17NO.C3H7N.C2H7BO2.C2H6/c1-4-12(10-13(5-2)15(16)17)14-8-6-11(3)7-9-14;1-3(2)4;1-3(4)5-2;1-2/h4-10H,2H2,1,3H3,(H2,16,17);4H,1-2H3;4H,1-2H3;1-2H3/b12-4+,13-10+;;;. The molecule has 4 N–H and O–H groups in total. The predicted octanol–water partition coefficient (Wildman–Crippen LogP) is 4.81. The molecule has 1 rings (SSSR count). The Balaban J connectivity index is -0.000000471. The van der Waals surface area contributed by atoms with E-state index in [2.05, 4.69) is 11.2 Å². The van der Waals surface area contributed by atoms with Crippen LogP contribution < -0.4 is 5.73 Å². The van der Waals surface area contributed by atoms with Crippen LogP contribution in [0.4, 0.5) is 0 Å². The zero-order valence-corrected chi connectivity index (χ0v) is 18.7. The van der Waals surface area contributed by atoms with Crippen LogP contribution in [-0.2, 0) is 9.45 Å². The van der Waals surface area contributed by atoms with Gasteiger partial charge in [-0.1, -0.05) is 62.4 Å². The van der Waals surface area contributed by atoms with Gasteiger partial charge < -0.3 is 20.8 Å². The lowest BCUT2D eigenvalue weighted by Crippen LogP contribution is -2.12. The third kappa shape index (κ3) is 18.4. The van der Waals surface area contributed by atoms with E-state index < -0.39 is 13.0 Å². The molecule has 156 valence electrons. The van der Waals surface area contributed by atoms with Gasteiger partial charge in [0.05, 0.1) is 0 Å². The first kappa shape index (κ1) is 30.3. The van der Waals surface area contributed by atoms with Gasteiger partial charge in [-0.25, -0.2) is 0 Å². The zero-order chi connectivity index (χ0) is 22.7. The van der Waals surface area contributed by atoms with E-state index in [0.29, 0.717) is 11.3 Å². The number of hydrogen-bond donors (Lipinski definition) is 3. The Hall–Kier alpha value is -2.44. The molecule has 1 amide bonds. The molecule has 0 aliphatic carbocycles. The lowest BCUT2D eigenvalue weighted by Gasteiger charge is -2.04. The number of amides is 1. The summed E-state index contributed by atoms with van der Waals surface area (Å²) in [5, 5.41) is 14.6. The molecule has 0 fully saturated rings. The maximum absolute atomic E-state index is 11.1. The molecule has 0 radical (unpaired) electrons. The molecule has 1 aromatic carbocycles. The van der Waals surface area contributed by atoms with Gasteiger partial charge in [-0.2, -0.15) is 0 Å². The van der Waals surface area contributed by atoms with Crippen LogP contribution >= 0.6 is 0 Å². The van der Waals surface area contributed by atoms with Crippen LogP contribution in [0.1, 0.15) is 45.7 Å². The third-order valence-electron chi connectivity index (χ3n) is 2.85. The molecule has 0 bridgehead atoms. The summed E-state index contributed by atoms with van der Waals surface area (Å²) in [6.45, 7) is 16.6. The van der Waals surface area contributed by atoms with E-state index >= 15 is 0 Å². The van der Waals surface area contributed by atoms with Crippen molar-refractivity contribution < 1.29 is 14.5 Å². The van der Waals surface area contributed by atoms with E-state index in [1.54, 1.807) is 26.7 Å². The summed E-state index contributed by atoms with van der Waals surface area (Å²) >= 11 is 0. The summed E-state index contributed by atoms with van der Waals surface area (Å²) < 4.78 is 4.31. The Morgan fingerprint density at radius 2 is 1.64 bits per heavy atom. The van der Waals surface area contributed by atoms with Crippen molar-refractivity contribution in [1.82, 2.24) is 0 Å². The smallest absolute Gasteiger partial charge is 0.427 e. The Labute approximate surface area is 171 Å². The van der Waals surface area contributed by atoms with Gasteiger partial charge in [0.2, 0.25) is 5.91 Å². The van der Waals surface area contributed by atoms with Crippen LogP contribution in [0, 0.1) is 12.3 Å². The molecule has 0 spiro atoms. The molecule has 0 saturated heterocycles. The molecule has 0 heterocycles. The second-order valence-corrected chi connectivity index (χ2v) is 5.61. The van der Waals surface area contributed by atoms with Crippen LogP contribution in [0.2, 0.25) is 6.82 Å². The SMILES string of the molecule is C=C/C(=C\C(=C/C)c1ccc(C)cc1)C(N)=O.CC.CC(C)=N.COB(C)O. The Kier molecular flexibility index (Phi) is 20.9.